The number of hydrogen-bond acceptors (Lipinski definition) is 2. The summed E-state index contributed by atoms with van der Waals surface area (Å²) in [6.45, 7) is 6.77. The van der Waals surface area contributed by atoms with Gasteiger partial charge < -0.3 is 0 Å². The summed E-state index contributed by atoms with van der Waals surface area (Å²) < 4.78 is 1.53. The van der Waals surface area contributed by atoms with Crippen LogP contribution < -0.4 is 5.56 Å². The van der Waals surface area contributed by atoms with Gasteiger partial charge in [-0.1, -0.05) is 36.4 Å². The van der Waals surface area contributed by atoms with E-state index in [1.165, 1.54) is 21.4 Å². The van der Waals surface area contributed by atoms with Gasteiger partial charge in [-0.15, -0.1) is 0 Å². The van der Waals surface area contributed by atoms with Gasteiger partial charge in [0.05, 0.1) is 12.2 Å². The molecular weight excluding hydrogens is 284 g/mol. The summed E-state index contributed by atoms with van der Waals surface area (Å²) >= 11 is 0. The van der Waals surface area contributed by atoms with Crippen LogP contribution in [0.3, 0.4) is 0 Å². The van der Waals surface area contributed by atoms with Crippen molar-refractivity contribution in [1.29, 1.82) is 0 Å². The predicted molar refractivity (Wildman–Crippen MR) is 93.7 cm³/mol. The topological polar surface area (TPSA) is 34.9 Å². The maximum absolute atomic E-state index is 12.1. The molecule has 0 saturated carbocycles. The quantitative estimate of drug-likeness (QED) is 0.736. The second-order valence-corrected chi connectivity index (χ2v) is 5.95. The van der Waals surface area contributed by atoms with Gasteiger partial charge in [-0.2, -0.15) is 5.10 Å². The van der Waals surface area contributed by atoms with E-state index in [2.05, 4.69) is 38.0 Å². The standard InChI is InChI=1S/C20H20N2O/c1-14-11-16(3)18(12-15(14)2)19-9-10-20(23)22(21-19)13-17-7-5-4-6-8-17/h4-12H,13H2,1-3H3. The Hall–Kier alpha value is -2.68. The van der Waals surface area contributed by atoms with Crippen LogP contribution in [0, 0.1) is 20.8 Å². The van der Waals surface area contributed by atoms with Gasteiger partial charge in [-0.05, 0) is 55.2 Å². The van der Waals surface area contributed by atoms with E-state index >= 15 is 0 Å². The van der Waals surface area contributed by atoms with Gasteiger partial charge in [0.2, 0.25) is 0 Å². The van der Waals surface area contributed by atoms with Crippen molar-refractivity contribution in [3.05, 3.63) is 87.2 Å². The van der Waals surface area contributed by atoms with Crippen LogP contribution >= 0.6 is 0 Å². The highest BCUT2D eigenvalue weighted by Crippen LogP contribution is 2.24. The van der Waals surface area contributed by atoms with Crippen molar-refractivity contribution in [3.8, 4) is 11.3 Å². The lowest BCUT2D eigenvalue weighted by molar-refractivity contribution is 0.642. The summed E-state index contributed by atoms with van der Waals surface area (Å²) in [6.07, 6.45) is 0. The van der Waals surface area contributed by atoms with Crippen molar-refractivity contribution in [3.63, 3.8) is 0 Å². The Morgan fingerprint density at radius 1 is 0.870 bits per heavy atom. The van der Waals surface area contributed by atoms with Crippen LogP contribution in [-0.4, -0.2) is 9.78 Å². The number of aromatic nitrogens is 2. The van der Waals surface area contributed by atoms with Gasteiger partial charge >= 0.3 is 0 Å². The van der Waals surface area contributed by atoms with Gasteiger partial charge in [0, 0.05) is 11.6 Å². The average Bonchev–Trinajstić information content (AvgIpc) is 2.54. The highest BCUT2D eigenvalue weighted by molar-refractivity contribution is 5.64. The first kappa shape index (κ1) is 15.2. The van der Waals surface area contributed by atoms with Crippen molar-refractivity contribution in [2.24, 2.45) is 0 Å². The summed E-state index contributed by atoms with van der Waals surface area (Å²) in [6, 6.07) is 17.6. The maximum Gasteiger partial charge on any atom is 0.267 e. The lowest BCUT2D eigenvalue weighted by Crippen LogP contribution is -2.22. The van der Waals surface area contributed by atoms with Gasteiger partial charge in [-0.3, -0.25) is 4.79 Å². The van der Waals surface area contributed by atoms with Crippen LogP contribution in [0.4, 0.5) is 0 Å². The summed E-state index contributed by atoms with van der Waals surface area (Å²) in [5, 5.41) is 4.57. The molecule has 0 aliphatic rings. The minimum atomic E-state index is -0.0842. The SMILES string of the molecule is Cc1cc(C)c(-c2ccc(=O)n(Cc3ccccc3)n2)cc1C. The fraction of sp³-hybridized carbons (Fsp3) is 0.200. The van der Waals surface area contributed by atoms with Crippen LogP contribution in [0.1, 0.15) is 22.3 Å². The number of benzene rings is 2. The molecule has 0 aliphatic heterocycles. The molecule has 3 nitrogen and oxygen atoms in total. The third kappa shape index (κ3) is 3.24. The Labute approximate surface area is 136 Å². The number of hydrogen-bond donors (Lipinski definition) is 0. The van der Waals surface area contributed by atoms with Crippen molar-refractivity contribution in [2.45, 2.75) is 27.3 Å². The molecule has 0 bridgehead atoms. The van der Waals surface area contributed by atoms with Crippen LogP contribution in [0.25, 0.3) is 11.3 Å². The third-order valence-electron chi connectivity index (χ3n) is 4.16. The molecule has 0 N–H and O–H groups in total. The van der Waals surface area contributed by atoms with Gasteiger partial charge in [-0.25, -0.2) is 4.68 Å². The van der Waals surface area contributed by atoms with Crippen molar-refractivity contribution >= 4 is 0 Å². The highest BCUT2D eigenvalue weighted by atomic mass is 16.1. The van der Waals surface area contributed by atoms with Gasteiger partial charge in [0.15, 0.2) is 0 Å². The van der Waals surface area contributed by atoms with Crippen molar-refractivity contribution in [1.82, 2.24) is 9.78 Å². The second kappa shape index (κ2) is 6.21. The predicted octanol–water partition coefficient (Wildman–Crippen LogP) is 3.88. The molecule has 0 spiro atoms. The van der Waals surface area contributed by atoms with E-state index in [9.17, 15) is 4.79 Å². The zero-order valence-electron chi connectivity index (χ0n) is 13.7. The third-order valence-corrected chi connectivity index (χ3v) is 4.16. The van der Waals surface area contributed by atoms with E-state index < -0.39 is 0 Å². The molecule has 3 heteroatoms. The molecule has 1 heterocycles. The van der Waals surface area contributed by atoms with Crippen LogP contribution in [0.2, 0.25) is 0 Å². The molecule has 23 heavy (non-hydrogen) atoms. The largest absolute Gasteiger partial charge is 0.268 e. The Kier molecular flexibility index (Phi) is 4.11. The van der Waals surface area contributed by atoms with E-state index in [-0.39, 0.29) is 5.56 Å². The number of rotatable bonds is 3. The normalized spacial score (nSPS) is 10.7. The average molecular weight is 304 g/mol. The lowest BCUT2D eigenvalue weighted by atomic mass is 9.99. The molecule has 0 aliphatic carbocycles. The Bertz CT molecular complexity index is 895. The first-order valence-electron chi connectivity index (χ1n) is 7.75. The molecule has 1 aromatic heterocycles. The number of aryl methyl sites for hydroxylation is 3. The molecule has 2 aromatic carbocycles. The minimum Gasteiger partial charge on any atom is -0.268 e. The van der Waals surface area contributed by atoms with E-state index in [0.29, 0.717) is 6.54 Å². The first-order valence-corrected chi connectivity index (χ1v) is 7.75. The zero-order valence-corrected chi connectivity index (χ0v) is 13.7. The molecule has 0 unspecified atom stereocenters. The van der Waals surface area contributed by atoms with Crippen LogP contribution in [0.5, 0.6) is 0 Å². The monoisotopic (exact) mass is 304 g/mol. The van der Waals surface area contributed by atoms with E-state index in [1.807, 2.05) is 30.3 Å². The van der Waals surface area contributed by atoms with E-state index in [1.54, 1.807) is 12.1 Å². The maximum atomic E-state index is 12.1. The van der Waals surface area contributed by atoms with E-state index in [0.717, 1.165) is 16.8 Å². The van der Waals surface area contributed by atoms with Crippen molar-refractivity contribution in [2.75, 3.05) is 0 Å². The highest BCUT2D eigenvalue weighted by Gasteiger charge is 2.08. The summed E-state index contributed by atoms with van der Waals surface area (Å²) in [7, 11) is 0. The fourth-order valence-electron chi connectivity index (χ4n) is 2.70. The molecule has 116 valence electrons. The van der Waals surface area contributed by atoms with Crippen molar-refractivity contribution < 1.29 is 0 Å². The molecule has 0 fully saturated rings. The van der Waals surface area contributed by atoms with Gasteiger partial charge in [0.25, 0.3) is 5.56 Å². The molecule has 3 rings (SSSR count). The first-order chi connectivity index (χ1) is 11.0. The molecule has 0 atom stereocenters. The Balaban J connectivity index is 2.04. The Morgan fingerprint density at radius 2 is 1.57 bits per heavy atom. The minimum absolute atomic E-state index is 0.0842. The molecule has 3 aromatic rings. The second-order valence-electron chi connectivity index (χ2n) is 5.95. The summed E-state index contributed by atoms with van der Waals surface area (Å²) in [4.78, 5) is 12.1. The fourth-order valence-corrected chi connectivity index (χ4v) is 2.70. The van der Waals surface area contributed by atoms with E-state index in [4.69, 9.17) is 0 Å². The van der Waals surface area contributed by atoms with Crippen LogP contribution in [-0.2, 0) is 6.54 Å². The zero-order chi connectivity index (χ0) is 16.4. The van der Waals surface area contributed by atoms with Gasteiger partial charge in [0.1, 0.15) is 0 Å². The molecular formula is C20H20N2O. The molecule has 0 radical (unpaired) electrons. The molecule has 0 saturated heterocycles. The smallest absolute Gasteiger partial charge is 0.267 e. The Morgan fingerprint density at radius 3 is 2.30 bits per heavy atom. The molecule has 0 amide bonds. The summed E-state index contributed by atoms with van der Waals surface area (Å²) in [5.74, 6) is 0. The summed E-state index contributed by atoms with van der Waals surface area (Å²) in [5.41, 5.74) is 6.56. The lowest BCUT2D eigenvalue weighted by Gasteiger charge is -2.11. The number of nitrogens with zero attached hydrogens (tertiary/aromatic N) is 2. The van der Waals surface area contributed by atoms with Crippen LogP contribution in [0.15, 0.2) is 59.4 Å².